The van der Waals surface area contributed by atoms with Gasteiger partial charge >= 0.3 is 0 Å². The first-order chi connectivity index (χ1) is 13.6. The topological polar surface area (TPSA) is 90.5 Å². The Morgan fingerprint density at radius 3 is 2.86 bits per heavy atom. The first kappa shape index (κ1) is 19.1. The molecule has 1 aromatic carbocycles. The third kappa shape index (κ3) is 3.95. The highest BCUT2D eigenvalue weighted by molar-refractivity contribution is 6.05. The SMILES string of the molecule is O=C1CCC(N2Cc3c(CNCC4CCCNCC4)cccc3C2=O)C(=O)N1. The molecule has 0 spiro atoms. The monoisotopic (exact) mass is 384 g/mol. The molecule has 3 aliphatic rings. The fraction of sp³-hybridized carbons (Fsp3) is 0.571. The van der Waals surface area contributed by atoms with E-state index in [4.69, 9.17) is 0 Å². The Kier molecular flexibility index (Phi) is 5.73. The van der Waals surface area contributed by atoms with E-state index in [1.54, 1.807) is 4.90 Å². The summed E-state index contributed by atoms with van der Waals surface area (Å²) in [6, 6.07) is 5.25. The van der Waals surface area contributed by atoms with Gasteiger partial charge in [0.15, 0.2) is 0 Å². The van der Waals surface area contributed by atoms with E-state index in [0.717, 1.165) is 37.3 Å². The first-order valence-corrected chi connectivity index (χ1v) is 10.3. The minimum Gasteiger partial charge on any atom is -0.322 e. The fourth-order valence-electron chi connectivity index (χ4n) is 4.52. The zero-order valence-corrected chi connectivity index (χ0v) is 16.1. The molecule has 0 bridgehead atoms. The van der Waals surface area contributed by atoms with Crippen molar-refractivity contribution >= 4 is 17.7 Å². The molecule has 0 radical (unpaired) electrons. The van der Waals surface area contributed by atoms with Crippen molar-refractivity contribution in [2.45, 2.75) is 51.2 Å². The second-order valence-electron chi connectivity index (χ2n) is 8.02. The zero-order chi connectivity index (χ0) is 19.5. The van der Waals surface area contributed by atoms with Gasteiger partial charge in [-0.25, -0.2) is 0 Å². The number of rotatable bonds is 5. The van der Waals surface area contributed by atoms with E-state index in [1.165, 1.54) is 19.3 Å². The molecular weight excluding hydrogens is 356 g/mol. The molecule has 3 aliphatic heterocycles. The van der Waals surface area contributed by atoms with Crippen molar-refractivity contribution in [3.63, 3.8) is 0 Å². The number of hydrogen-bond donors (Lipinski definition) is 3. The van der Waals surface area contributed by atoms with Crippen LogP contribution in [0.4, 0.5) is 0 Å². The molecule has 2 fully saturated rings. The lowest BCUT2D eigenvalue weighted by atomic mass is 10.00. The van der Waals surface area contributed by atoms with E-state index in [-0.39, 0.29) is 24.1 Å². The minimum absolute atomic E-state index is 0.110. The highest BCUT2D eigenvalue weighted by Crippen LogP contribution is 2.29. The lowest BCUT2D eigenvalue weighted by Crippen LogP contribution is -2.52. The van der Waals surface area contributed by atoms with Crippen molar-refractivity contribution in [1.29, 1.82) is 0 Å². The van der Waals surface area contributed by atoms with Gasteiger partial charge in [-0.15, -0.1) is 0 Å². The van der Waals surface area contributed by atoms with E-state index in [1.807, 2.05) is 12.1 Å². The number of carbonyl (C=O) groups is 3. The Morgan fingerprint density at radius 2 is 2.00 bits per heavy atom. The van der Waals surface area contributed by atoms with Crippen molar-refractivity contribution in [1.82, 2.24) is 20.9 Å². The number of amides is 3. The Bertz CT molecular complexity index is 771. The van der Waals surface area contributed by atoms with Crippen LogP contribution in [0.3, 0.4) is 0 Å². The molecular formula is C21H28N4O3. The number of benzene rings is 1. The van der Waals surface area contributed by atoms with Crippen molar-refractivity contribution in [3.8, 4) is 0 Å². The molecule has 3 heterocycles. The molecule has 2 unspecified atom stereocenters. The molecule has 1 aromatic rings. The Morgan fingerprint density at radius 1 is 1.11 bits per heavy atom. The number of fused-ring (bicyclic) bond motifs is 1. The summed E-state index contributed by atoms with van der Waals surface area (Å²) in [4.78, 5) is 38.1. The van der Waals surface area contributed by atoms with Gasteiger partial charge in [0.1, 0.15) is 6.04 Å². The van der Waals surface area contributed by atoms with Crippen molar-refractivity contribution in [2.24, 2.45) is 5.92 Å². The third-order valence-corrected chi connectivity index (χ3v) is 6.12. The van der Waals surface area contributed by atoms with E-state index in [0.29, 0.717) is 24.4 Å². The fourth-order valence-corrected chi connectivity index (χ4v) is 4.52. The summed E-state index contributed by atoms with van der Waals surface area (Å²) in [6.07, 6.45) is 4.34. The van der Waals surface area contributed by atoms with Gasteiger partial charge in [0, 0.05) is 25.1 Å². The number of hydrogen-bond acceptors (Lipinski definition) is 5. The van der Waals surface area contributed by atoms with Gasteiger partial charge in [0.25, 0.3) is 5.91 Å². The lowest BCUT2D eigenvalue weighted by Gasteiger charge is -2.29. The smallest absolute Gasteiger partial charge is 0.255 e. The van der Waals surface area contributed by atoms with E-state index < -0.39 is 6.04 Å². The summed E-state index contributed by atoms with van der Waals surface area (Å²) in [7, 11) is 0. The number of imide groups is 1. The molecule has 3 N–H and O–H groups in total. The quantitative estimate of drug-likeness (QED) is 0.657. The van der Waals surface area contributed by atoms with Crippen molar-refractivity contribution in [2.75, 3.05) is 19.6 Å². The van der Waals surface area contributed by atoms with Crippen LogP contribution in [0.5, 0.6) is 0 Å². The Balaban J connectivity index is 1.41. The first-order valence-electron chi connectivity index (χ1n) is 10.3. The summed E-state index contributed by atoms with van der Waals surface area (Å²) >= 11 is 0. The predicted molar refractivity (Wildman–Crippen MR) is 104 cm³/mol. The maximum atomic E-state index is 12.9. The van der Waals surface area contributed by atoms with Crippen LogP contribution in [0.2, 0.25) is 0 Å². The van der Waals surface area contributed by atoms with Crippen LogP contribution in [0.15, 0.2) is 18.2 Å². The molecule has 0 saturated carbocycles. The maximum absolute atomic E-state index is 12.9. The molecule has 2 atom stereocenters. The summed E-state index contributed by atoms with van der Waals surface area (Å²) in [5, 5.41) is 9.37. The van der Waals surface area contributed by atoms with Crippen LogP contribution in [0.25, 0.3) is 0 Å². The van der Waals surface area contributed by atoms with Gasteiger partial charge in [-0.2, -0.15) is 0 Å². The van der Waals surface area contributed by atoms with Crippen LogP contribution in [0, 0.1) is 5.92 Å². The summed E-state index contributed by atoms with van der Waals surface area (Å²) in [5.74, 6) is -0.0439. The van der Waals surface area contributed by atoms with Crippen molar-refractivity contribution in [3.05, 3.63) is 34.9 Å². The van der Waals surface area contributed by atoms with Gasteiger partial charge in [-0.3, -0.25) is 19.7 Å². The average Bonchev–Trinajstić information content (AvgIpc) is 2.85. The number of nitrogens with one attached hydrogen (secondary N) is 3. The number of piperidine rings is 1. The van der Waals surface area contributed by atoms with E-state index in [9.17, 15) is 14.4 Å². The largest absolute Gasteiger partial charge is 0.322 e. The molecule has 2 saturated heterocycles. The third-order valence-electron chi connectivity index (χ3n) is 6.12. The van der Waals surface area contributed by atoms with Crippen LogP contribution in [-0.4, -0.2) is 48.3 Å². The molecule has 0 aromatic heterocycles. The summed E-state index contributed by atoms with van der Waals surface area (Å²) in [6.45, 7) is 4.34. The van der Waals surface area contributed by atoms with Crippen LogP contribution < -0.4 is 16.0 Å². The van der Waals surface area contributed by atoms with Crippen LogP contribution in [0.1, 0.15) is 53.6 Å². The standard InChI is InChI=1S/C21H28N4O3/c26-19-7-6-18(20(27)24-19)25-13-17-15(4-1-5-16(17)21(25)28)12-23-11-14-3-2-9-22-10-8-14/h1,4-5,14,18,22-23H,2-3,6-13H2,(H,24,26,27). The second kappa shape index (κ2) is 8.41. The van der Waals surface area contributed by atoms with E-state index in [2.05, 4.69) is 22.0 Å². The van der Waals surface area contributed by atoms with Crippen LogP contribution in [-0.2, 0) is 22.7 Å². The summed E-state index contributed by atoms with van der Waals surface area (Å²) < 4.78 is 0. The van der Waals surface area contributed by atoms with Gasteiger partial charge < -0.3 is 15.5 Å². The molecule has 150 valence electrons. The average molecular weight is 384 g/mol. The molecule has 7 heteroatoms. The summed E-state index contributed by atoms with van der Waals surface area (Å²) in [5.41, 5.74) is 2.81. The highest BCUT2D eigenvalue weighted by atomic mass is 16.2. The Hall–Kier alpha value is -2.25. The van der Waals surface area contributed by atoms with Crippen LogP contribution >= 0.6 is 0 Å². The molecule has 0 aliphatic carbocycles. The zero-order valence-electron chi connectivity index (χ0n) is 16.1. The maximum Gasteiger partial charge on any atom is 0.255 e. The predicted octanol–water partition coefficient (Wildman–Crippen LogP) is 0.927. The molecule has 4 rings (SSSR count). The normalized spacial score (nSPS) is 25.4. The Labute approximate surface area is 165 Å². The van der Waals surface area contributed by atoms with E-state index >= 15 is 0 Å². The van der Waals surface area contributed by atoms with Crippen molar-refractivity contribution < 1.29 is 14.4 Å². The number of carbonyl (C=O) groups excluding carboxylic acids is 3. The van der Waals surface area contributed by atoms with Gasteiger partial charge in [0.2, 0.25) is 11.8 Å². The van der Waals surface area contributed by atoms with Gasteiger partial charge in [-0.1, -0.05) is 12.1 Å². The molecule has 3 amide bonds. The van der Waals surface area contributed by atoms with Gasteiger partial charge in [-0.05, 0) is 68.4 Å². The second-order valence-corrected chi connectivity index (χ2v) is 8.02. The molecule has 28 heavy (non-hydrogen) atoms. The molecule has 7 nitrogen and oxygen atoms in total. The minimum atomic E-state index is -0.558. The lowest BCUT2D eigenvalue weighted by molar-refractivity contribution is -0.136. The number of nitrogens with zero attached hydrogens (tertiary/aromatic N) is 1. The highest BCUT2D eigenvalue weighted by Gasteiger charge is 2.39. The van der Waals surface area contributed by atoms with Gasteiger partial charge in [0.05, 0.1) is 0 Å².